The van der Waals surface area contributed by atoms with E-state index in [0.29, 0.717) is 32.4 Å². The van der Waals surface area contributed by atoms with E-state index in [4.69, 9.17) is 0 Å². The second kappa shape index (κ2) is 9.26. The lowest BCUT2D eigenvalue weighted by atomic mass is 10.0. The molecule has 3 amide bonds. The molecule has 0 aliphatic carbocycles. The van der Waals surface area contributed by atoms with Crippen LogP contribution in [0.25, 0.3) is 0 Å². The standard InChI is InChI=1S/C23H25F2N3O2S/c24-19-8-7-18(16-20(19)25)26-22(30)27-12-10-23(11-13-27)28(14-15-31-23)21(29)9-6-17-4-2-1-3-5-17/h1-5,7-8,16H,6,9-15H2,(H,26,30). The molecule has 8 heteroatoms. The Morgan fingerprint density at radius 2 is 1.74 bits per heavy atom. The summed E-state index contributed by atoms with van der Waals surface area (Å²) in [5.74, 6) is -0.887. The van der Waals surface area contributed by atoms with E-state index in [1.54, 1.807) is 16.7 Å². The Morgan fingerprint density at radius 1 is 1.00 bits per heavy atom. The second-order valence-corrected chi connectivity index (χ2v) is 9.33. The highest BCUT2D eigenvalue weighted by atomic mass is 32.2. The Morgan fingerprint density at radius 3 is 2.45 bits per heavy atom. The molecule has 31 heavy (non-hydrogen) atoms. The molecule has 0 bridgehead atoms. The van der Waals surface area contributed by atoms with Gasteiger partial charge in [0.2, 0.25) is 5.91 Å². The Balaban J connectivity index is 1.33. The smallest absolute Gasteiger partial charge is 0.321 e. The Kier molecular flexibility index (Phi) is 6.46. The van der Waals surface area contributed by atoms with Crippen LogP contribution in [0.15, 0.2) is 48.5 Å². The molecule has 0 unspecified atom stereocenters. The molecule has 5 nitrogen and oxygen atoms in total. The van der Waals surface area contributed by atoms with Crippen molar-refractivity contribution in [3.63, 3.8) is 0 Å². The molecule has 2 fully saturated rings. The van der Waals surface area contributed by atoms with Crippen molar-refractivity contribution in [2.75, 3.05) is 30.7 Å². The van der Waals surface area contributed by atoms with Gasteiger partial charge in [-0.2, -0.15) is 0 Å². The van der Waals surface area contributed by atoms with E-state index in [0.717, 1.165) is 36.4 Å². The van der Waals surface area contributed by atoms with E-state index in [9.17, 15) is 18.4 Å². The van der Waals surface area contributed by atoms with Crippen molar-refractivity contribution in [2.24, 2.45) is 0 Å². The van der Waals surface area contributed by atoms with Crippen molar-refractivity contribution >= 4 is 29.4 Å². The average Bonchev–Trinajstić information content (AvgIpc) is 3.18. The number of thioether (sulfide) groups is 1. The summed E-state index contributed by atoms with van der Waals surface area (Å²) in [4.78, 5) is 28.9. The van der Waals surface area contributed by atoms with E-state index in [2.05, 4.69) is 5.32 Å². The molecule has 0 saturated carbocycles. The van der Waals surface area contributed by atoms with Gasteiger partial charge in [0.25, 0.3) is 0 Å². The number of likely N-dealkylation sites (tertiary alicyclic amines) is 1. The third-order valence-electron chi connectivity index (χ3n) is 5.95. The van der Waals surface area contributed by atoms with Gasteiger partial charge >= 0.3 is 6.03 Å². The highest BCUT2D eigenvalue weighted by molar-refractivity contribution is 8.00. The predicted octanol–water partition coefficient (Wildman–Crippen LogP) is 4.50. The lowest BCUT2D eigenvalue weighted by Crippen LogP contribution is -2.54. The summed E-state index contributed by atoms with van der Waals surface area (Å²) in [6.45, 7) is 1.75. The molecule has 2 aliphatic rings. The zero-order chi connectivity index (χ0) is 21.8. The molecule has 1 N–H and O–H groups in total. The molecule has 0 atom stereocenters. The molecule has 4 rings (SSSR count). The number of benzene rings is 2. The zero-order valence-corrected chi connectivity index (χ0v) is 18.0. The molecule has 2 saturated heterocycles. The van der Waals surface area contributed by atoms with Crippen LogP contribution in [0, 0.1) is 11.6 Å². The number of carbonyl (C=O) groups excluding carboxylic acids is 2. The first kappa shape index (κ1) is 21.6. The fraction of sp³-hybridized carbons (Fsp3) is 0.391. The average molecular weight is 446 g/mol. The monoisotopic (exact) mass is 445 g/mol. The van der Waals surface area contributed by atoms with E-state index in [-0.39, 0.29) is 22.5 Å². The number of nitrogens with zero attached hydrogens (tertiary/aromatic N) is 2. The molecular weight excluding hydrogens is 420 g/mol. The number of rotatable bonds is 4. The molecule has 2 aromatic carbocycles. The van der Waals surface area contributed by atoms with Crippen LogP contribution < -0.4 is 5.32 Å². The molecule has 164 valence electrons. The van der Waals surface area contributed by atoms with Gasteiger partial charge in [0.15, 0.2) is 11.6 Å². The van der Waals surface area contributed by atoms with Crippen molar-refractivity contribution in [2.45, 2.75) is 30.6 Å². The fourth-order valence-corrected chi connectivity index (χ4v) is 5.72. The van der Waals surface area contributed by atoms with Gasteiger partial charge in [-0.15, -0.1) is 11.8 Å². The number of carbonyl (C=O) groups is 2. The van der Waals surface area contributed by atoms with Crippen LogP contribution in [-0.2, 0) is 11.2 Å². The topological polar surface area (TPSA) is 52.7 Å². The van der Waals surface area contributed by atoms with E-state index in [1.807, 2.05) is 35.2 Å². The number of hydrogen-bond acceptors (Lipinski definition) is 3. The van der Waals surface area contributed by atoms with Gasteiger partial charge in [-0.05, 0) is 37.0 Å². The Labute approximate surface area is 184 Å². The van der Waals surface area contributed by atoms with Crippen LogP contribution in [-0.4, -0.2) is 52.0 Å². The third-order valence-corrected chi connectivity index (χ3v) is 7.50. The summed E-state index contributed by atoms with van der Waals surface area (Å²) in [6, 6.07) is 12.9. The number of aryl methyl sites for hydroxylation is 1. The SMILES string of the molecule is O=C(Nc1ccc(F)c(F)c1)N1CCC2(CC1)SCCN2C(=O)CCc1ccccc1. The molecular formula is C23H25F2N3O2S. The first-order chi connectivity index (χ1) is 15.0. The van der Waals surface area contributed by atoms with Crippen molar-refractivity contribution in [1.29, 1.82) is 0 Å². The highest BCUT2D eigenvalue weighted by Crippen LogP contribution is 2.44. The number of amides is 3. The quantitative estimate of drug-likeness (QED) is 0.754. The van der Waals surface area contributed by atoms with Gasteiger partial charge in [-0.25, -0.2) is 13.6 Å². The number of hydrogen-bond donors (Lipinski definition) is 1. The van der Waals surface area contributed by atoms with Crippen LogP contribution >= 0.6 is 11.8 Å². The van der Waals surface area contributed by atoms with Crippen molar-refractivity contribution < 1.29 is 18.4 Å². The Bertz CT molecular complexity index is 949. The van der Waals surface area contributed by atoms with Gasteiger partial charge in [0.05, 0.1) is 4.87 Å². The lowest BCUT2D eigenvalue weighted by molar-refractivity contribution is -0.134. The maximum atomic E-state index is 13.4. The maximum Gasteiger partial charge on any atom is 0.321 e. The van der Waals surface area contributed by atoms with E-state index < -0.39 is 11.6 Å². The number of piperidine rings is 1. The highest BCUT2D eigenvalue weighted by Gasteiger charge is 2.46. The molecule has 0 radical (unpaired) electrons. The minimum Gasteiger partial charge on any atom is -0.327 e. The van der Waals surface area contributed by atoms with Gasteiger partial charge < -0.3 is 15.1 Å². The summed E-state index contributed by atoms with van der Waals surface area (Å²) >= 11 is 1.80. The fourth-order valence-electron chi connectivity index (χ4n) is 4.24. The van der Waals surface area contributed by atoms with Gasteiger partial charge in [-0.1, -0.05) is 30.3 Å². The molecule has 2 aliphatic heterocycles. The molecule has 0 aromatic heterocycles. The van der Waals surface area contributed by atoms with E-state index in [1.165, 1.54) is 6.07 Å². The maximum absolute atomic E-state index is 13.4. The van der Waals surface area contributed by atoms with Gasteiger partial charge in [0.1, 0.15) is 0 Å². The van der Waals surface area contributed by atoms with Crippen molar-refractivity contribution in [3.05, 3.63) is 65.7 Å². The number of nitrogens with one attached hydrogen (secondary N) is 1. The predicted molar refractivity (Wildman–Crippen MR) is 118 cm³/mol. The van der Waals surface area contributed by atoms with E-state index >= 15 is 0 Å². The molecule has 2 heterocycles. The Hall–Kier alpha value is -2.61. The first-order valence-corrected chi connectivity index (χ1v) is 11.4. The summed E-state index contributed by atoms with van der Waals surface area (Å²) in [5, 5.41) is 2.62. The van der Waals surface area contributed by atoms with Crippen LogP contribution in [0.5, 0.6) is 0 Å². The van der Waals surface area contributed by atoms with Crippen LogP contribution in [0.2, 0.25) is 0 Å². The summed E-state index contributed by atoms with van der Waals surface area (Å²) in [7, 11) is 0. The second-order valence-electron chi connectivity index (χ2n) is 7.87. The van der Waals surface area contributed by atoms with Crippen molar-refractivity contribution in [1.82, 2.24) is 9.80 Å². The lowest BCUT2D eigenvalue weighted by Gasteiger charge is -2.44. The van der Waals surface area contributed by atoms with Gasteiger partial charge in [0, 0.05) is 43.6 Å². The number of halogens is 2. The number of anilines is 1. The third kappa shape index (κ3) is 4.84. The van der Waals surface area contributed by atoms with Crippen LogP contribution in [0.1, 0.15) is 24.8 Å². The van der Waals surface area contributed by atoms with Crippen LogP contribution in [0.3, 0.4) is 0 Å². The summed E-state index contributed by atoms with van der Waals surface area (Å²) in [6.07, 6.45) is 2.59. The largest absolute Gasteiger partial charge is 0.327 e. The van der Waals surface area contributed by atoms with Crippen LogP contribution in [0.4, 0.5) is 19.3 Å². The molecule has 2 aromatic rings. The minimum atomic E-state index is -0.998. The minimum absolute atomic E-state index is 0.161. The summed E-state index contributed by atoms with van der Waals surface area (Å²) in [5.41, 5.74) is 1.37. The molecule has 1 spiro atoms. The zero-order valence-electron chi connectivity index (χ0n) is 17.2. The summed E-state index contributed by atoms with van der Waals surface area (Å²) < 4.78 is 26.5. The normalized spacial score (nSPS) is 17.7. The first-order valence-electron chi connectivity index (χ1n) is 10.5. The number of urea groups is 1. The van der Waals surface area contributed by atoms with Gasteiger partial charge in [-0.3, -0.25) is 4.79 Å². The van der Waals surface area contributed by atoms with Crippen molar-refractivity contribution in [3.8, 4) is 0 Å².